The third kappa shape index (κ3) is 4.72. The fraction of sp³-hybridized carbons (Fsp3) is 0.364. The normalized spacial score (nSPS) is 12.9. The second-order valence-corrected chi connectivity index (χ2v) is 3.14. The molecule has 0 fully saturated rings. The zero-order chi connectivity index (χ0) is 11.3. The van der Waals surface area contributed by atoms with E-state index in [0.717, 1.165) is 0 Å². The minimum atomic E-state index is -2.36. The predicted octanol–water partition coefficient (Wildman–Crippen LogP) is 3.45. The molecule has 0 saturated heterocycles. The van der Waals surface area contributed by atoms with Gasteiger partial charge in [0.1, 0.15) is 11.6 Å². The Hall–Kier alpha value is -1.19. The molecule has 0 saturated carbocycles. The van der Waals surface area contributed by atoms with E-state index in [0.29, 0.717) is 5.75 Å². The maximum atomic E-state index is 12.5. The van der Waals surface area contributed by atoms with E-state index in [1.165, 1.54) is 30.7 Å². The topological polar surface area (TPSA) is 9.23 Å². The molecule has 0 heterocycles. The molecule has 0 spiro atoms. The van der Waals surface area contributed by atoms with Crippen molar-refractivity contribution >= 4 is 0 Å². The van der Waals surface area contributed by atoms with Gasteiger partial charge in [0.2, 0.25) is 6.43 Å². The zero-order valence-electron chi connectivity index (χ0n) is 8.29. The van der Waals surface area contributed by atoms with E-state index in [2.05, 4.69) is 0 Å². The molecule has 1 unspecified atom stereocenters. The Morgan fingerprint density at radius 3 is 2.40 bits per heavy atom. The summed E-state index contributed by atoms with van der Waals surface area (Å²) in [6.07, 6.45) is -1.69. The van der Waals surface area contributed by atoms with Crippen molar-refractivity contribution in [2.45, 2.75) is 25.9 Å². The summed E-state index contributed by atoms with van der Waals surface area (Å²) in [5.74, 6) is 0.112. The van der Waals surface area contributed by atoms with Crippen LogP contribution in [-0.2, 0) is 0 Å². The largest absolute Gasteiger partial charge is 0.490 e. The number of hydrogen-bond donors (Lipinski definition) is 0. The minimum absolute atomic E-state index is 0.303. The molecule has 0 N–H and O–H groups in total. The first-order valence-corrected chi connectivity index (χ1v) is 4.61. The zero-order valence-corrected chi connectivity index (χ0v) is 8.29. The summed E-state index contributed by atoms with van der Waals surface area (Å²) in [6, 6.07) is 5.44. The van der Waals surface area contributed by atoms with Crippen LogP contribution in [0.2, 0.25) is 0 Å². The van der Waals surface area contributed by atoms with Gasteiger partial charge in [-0.1, -0.05) is 0 Å². The number of benzene rings is 1. The third-order valence-electron chi connectivity index (χ3n) is 1.78. The molecule has 1 nitrogen and oxygen atoms in total. The van der Waals surface area contributed by atoms with Gasteiger partial charge in [-0.05, 0) is 31.2 Å². The molecule has 0 aromatic heterocycles. The van der Waals surface area contributed by atoms with Crippen LogP contribution in [-0.4, -0.2) is 12.5 Å². The molecule has 1 aromatic rings. The molecular weight excluding hydrogens is 205 g/mol. The highest BCUT2D eigenvalue weighted by Gasteiger charge is 2.09. The molecule has 0 bridgehead atoms. The van der Waals surface area contributed by atoms with E-state index in [-0.39, 0.29) is 12.2 Å². The van der Waals surface area contributed by atoms with Crippen molar-refractivity contribution < 1.29 is 17.9 Å². The highest BCUT2D eigenvalue weighted by atomic mass is 19.3. The molecule has 83 valence electrons. The Kier molecular flexibility index (Phi) is 4.46. The fourth-order valence-electron chi connectivity index (χ4n) is 1.07. The Balaban J connectivity index is 2.37. The molecule has 0 aliphatic heterocycles. The van der Waals surface area contributed by atoms with Crippen molar-refractivity contribution in [1.29, 1.82) is 0 Å². The van der Waals surface area contributed by atoms with E-state index < -0.39 is 12.5 Å². The Labute approximate surface area is 86.9 Å². The number of alkyl halides is 2. The first-order chi connectivity index (χ1) is 7.08. The average molecular weight is 217 g/mol. The van der Waals surface area contributed by atoms with Gasteiger partial charge in [-0.2, -0.15) is 0 Å². The van der Waals surface area contributed by atoms with Gasteiger partial charge >= 0.3 is 0 Å². The van der Waals surface area contributed by atoms with Crippen molar-refractivity contribution in [3.63, 3.8) is 0 Å². The van der Waals surface area contributed by atoms with Crippen molar-refractivity contribution in [2.24, 2.45) is 0 Å². The summed E-state index contributed by atoms with van der Waals surface area (Å²) < 4.78 is 41.5. The number of hydrogen-bond acceptors (Lipinski definition) is 1. The Morgan fingerprint density at radius 1 is 1.27 bits per heavy atom. The lowest BCUT2D eigenvalue weighted by Gasteiger charge is -2.13. The van der Waals surface area contributed by atoms with Gasteiger partial charge < -0.3 is 4.74 Å². The van der Waals surface area contributed by atoms with Crippen molar-refractivity contribution in [1.82, 2.24) is 0 Å². The molecule has 15 heavy (non-hydrogen) atoms. The molecule has 1 atom stereocenters. The van der Waals surface area contributed by atoms with Gasteiger partial charge in [0, 0.05) is 12.8 Å². The second-order valence-electron chi connectivity index (χ2n) is 3.14. The van der Waals surface area contributed by atoms with Crippen LogP contribution >= 0.6 is 0 Å². The number of ether oxygens (including phenoxy) is 1. The standard InChI is InChI=1S/C11H12F3O/c1-8(2-7-11(13)14)15-10-5-3-9(12)4-6-10/h2-6,8,11H,7H2,1H3. The van der Waals surface area contributed by atoms with Gasteiger partial charge in [0.25, 0.3) is 0 Å². The highest BCUT2D eigenvalue weighted by Crippen LogP contribution is 2.15. The number of halogens is 3. The van der Waals surface area contributed by atoms with E-state index in [9.17, 15) is 13.2 Å². The first kappa shape index (κ1) is 11.9. The molecule has 1 rings (SSSR count). The maximum absolute atomic E-state index is 12.5. The van der Waals surface area contributed by atoms with Gasteiger partial charge in [-0.15, -0.1) is 0 Å². The van der Waals surface area contributed by atoms with Crippen LogP contribution in [0.1, 0.15) is 13.3 Å². The monoisotopic (exact) mass is 217 g/mol. The molecule has 0 aliphatic rings. The van der Waals surface area contributed by atoms with Crippen LogP contribution in [0.5, 0.6) is 5.75 Å². The molecular formula is C11H12F3O. The van der Waals surface area contributed by atoms with Crippen LogP contribution in [0, 0.1) is 12.2 Å². The quantitative estimate of drug-likeness (QED) is 0.734. The van der Waals surface area contributed by atoms with Gasteiger partial charge in [0.05, 0.1) is 6.10 Å². The second kappa shape index (κ2) is 5.63. The first-order valence-electron chi connectivity index (χ1n) is 4.61. The predicted molar refractivity (Wildman–Crippen MR) is 51.4 cm³/mol. The van der Waals surface area contributed by atoms with Crippen molar-refractivity contribution in [2.75, 3.05) is 0 Å². The fourth-order valence-corrected chi connectivity index (χ4v) is 1.07. The molecule has 0 amide bonds. The van der Waals surface area contributed by atoms with Gasteiger partial charge in [0.15, 0.2) is 0 Å². The van der Waals surface area contributed by atoms with Crippen molar-refractivity contribution in [3.05, 3.63) is 36.5 Å². The highest BCUT2D eigenvalue weighted by molar-refractivity contribution is 5.22. The third-order valence-corrected chi connectivity index (χ3v) is 1.78. The number of rotatable bonds is 5. The summed E-state index contributed by atoms with van der Waals surface area (Å²) in [6.45, 7) is 1.66. The van der Waals surface area contributed by atoms with Crippen LogP contribution in [0.15, 0.2) is 24.3 Å². The van der Waals surface area contributed by atoms with Crippen LogP contribution in [0.3, 0.4) is 0 Å². The summed E-state index contributed by atoms with van der Waals surface area (Å²) in [7, 11) is 0. The molecule has 1 radical (unpaired) electrons. The summed E-state index contributed by atoms with van der Waals surface area (Å²) >= 11 is 0. The van der Waals surface area contributed by atoms with Gasteiger partial charge in [-0.25, -0.2) is 13.2 Å². The van der Waals surface area contributed by atoms with Gasteiger partial charge in [-0.3, -0.25) is 0 Å². The van der Waals surface area contributed by atoms with Crippen molar-refractivity contribution in [3.8, 4) is 5.75 Å². The lowest BCUT2D eigenvalue weighted by Crippen LogP contribution is -2.13. The SMILES string of the molecule is CC([CH]CC(F)F)Oc1ccc(F)cc1. The van der Waals surface area contributed by atoms with E-state index in [1.807, 2.05) is 0 Å². The minimum Gasteiger partial charge on any atom is -0.490 e. The smallest absolute Gasteiger partial charge is 0.239 e. The van der Waals surface area contributed by atoms with E-state index in [1.54, 1.807) is 6.92 Å². The van der Waals surface area contributed by atoms with E-state index >= 15 is 0 Å². The molecule has 1 aromatic carbocycles. The summed E-state index contributed by atoms with van der Waals surface area (Å²) in [5.41, 5.74) is 0. The lowest BCUT2D eigenvalue weighted by molar-refractivity contribution is 0.135. The maximum Gasteiger partial charge on any atom is 0.239 e. The summed E-state index contributed by atoms with van der Waals surface area (Å²) in [4.78, 5) is 0. The molecule has 4 heteroatoms. The van der Waals surface area contributed by atoms with Crippen LogP contribution in [0.25, 0.3) is 0 Å². The van der Waals surface area contributed by atoms with Crippen LogP contribution in [0.4, 0.5) is 13.2 Å². The average Bonchev–Trinajstić information content (AvgIpc) is 2.19. The summed E-state index contributed by atoms with van der Waals surface area (Å²) in [5, 5.41) is 0. The lowest BCUT2D eigenvalue weighted by atomic mass is 10.2. The Bertz CT molecular complexity index is 284. The van der Waals surface area contributed by atoms with Crippen LogP contribution < -0.4 is 4.74 Å². The van der Waals surface area contributed by atoms with E-state index in [4.69, 9.17) is 4.74 Å². The Morgan fingerprint density at radius 2 is 1.87 bits per heavy atom. The molecule has 0 aliphatic carbocycles.